The standard InChI is InChI=1S/C47H67NO10/c1-26(2)12-11-13-27(3)36-18-19-37-35-17-16-31-24-32(20-22-46(31,7)38(35)21-23-47(36,37)8)57-45-40(48-43(52)33-14-9-10-15-34(33)44(48)53)42(56-30(6)51)41(55-29(5)50)39(58-45)25-54-28(4)49/h9-10,14-15,26-27,31-32,35-42,45H,11-13,16-25H2,1-8H3/t27-,31?,32+,35?,36-,37?,38?,39+,40-,41-,42-,45-,46+,47-/m1/s1. The third-order valence-electron chi connectivity index (χ3n) is 15.9. The first-order chi connectivity index (χ1) is 27.5. The molecule has 7 rings (SSSR count). The van der Waals surface area contributed by atoms with E-state index in [2.05, 4.69) is 34.6 Å². The zero-order valence-corrected chi connectivity index (χ0v) is 36.0. The molecule has 0 radical (unpaired) electrons. The zero-order chi connectivity index (χ0) is 41.7. The van der Waals surface area contributed by atoms with Gasteiger partial charge in [0, 0.05) is 20.8 Å². The van der Waals surface area contributed by atoms with Crippen LogP contribution in [0.25, 0.3) is 0 Å². The van der Waals surface area contributed by atoms with Crippen LogP contribution in [0.3, 0.4) is 0 Å². The average molecular weight is 806 g/mol. The van der Waals surface area contributed by atoms with Gasteiger partial charge in [-0.1, -0.05) is 66.0 Å². The summed E-state index contributed by atoms with van der Waals surface area (Å²) in [6, 6.07) is 5.23. The maximum Gasteiger partial charge on any atom is 0.303 e. The molecule has 0 N–H and O–H groups in total. The third kappa shape index (κ3) is 8.00. The molecule has 1 aromatic carbocycles. The smallest absolute Gasteiger partial charge is 0.303 e. The lowest BCUT2D eigenvalue weighted by atomic mass is 9.44. The molecule has 0 spiro atoms. The quantitative estimate of drug-likeness (QED) is 0.0879. The molecule has 2 heterocycles. The summed E-state index contributed by atoms with van der Waals surface area (Å²) in [7, 11) is 0. The molecule has 11 nitrogen and oxygen atoms in total. The number of carbonyl (C=O) groups is 5. The van der Waals surface area contributed by atoms with Crippen LogP contribution >= 0.6 is 0 Å². The van der Waals surface area contributed by atoms with E-state index >= 15 is 0 Å². The van der Waals surface area contributed by atoms with Crippen molar-refractivity contribution in [3.8, 4) is 0 Å². The average Bonchev–Trinajstić information content (AvgIpc) is 3.64. The molecule has 4 saturated carbocycles. The highest BCUT2D eigenvalue weighted by Crippen LogP contribution is 2.68. The number of hydrogen-bond acceptors (Lipinski definition) is 10. The summed E-state index contributed by atoms with van der Waals surface area (Å²) >= 11 is 0. The molecule has 0 bridgehead atoms. The maximum atomic E-state index is 14.1. The van der Waals surface area contributed by atoms with Gasteiger partial charge in [0.2, 0.25) is 0 Å². The molecule has 1 aromatic rings. The molecule has 0 aromatic heterocycles. The molecule has 320 valence electrons. The number of rotatable bonds is 12. The van der Waals surface area contributed by atoms with E-state index in [1.165, 1.54) is 72.1 Å². The first-order valence-electron chi connectivity index (χ1n) is 22.3. The van der Waals surface area contributed by atoms with Gasteiger partial charge in [-0.2, -0.15) is 0 Å². The molecule has 58 heavy (non-hydrogen) atoms. The first kappa shape index (κ1) is 42.8. The van der Waals surface area contributed by atoms with Crippen LogP contribution in [0.5, 0.6) is 0 Å². The second kappa shape index (κ2) is 17.0. The van der Waals surface area contributed by atoms with E-state index in [4.69, 9.17) is 23.7 Å². The van der Waals surface area contributed by atoms with E-state index < -0.39 is 60.4 Å². The Morgan fingerprint density at radius 3 is 2.07 bits per heavy atom. The second-order valence-corrected chi connectivity index (χ2v) is 19.7. The minimum Gasteiger partial charge on any atom is -0.463 e. The van der Waals surface area contributed by atoms with Gasteiger partial charge in [0.25, 0.3) is 11.8 Å². The van der Waals surface area contributed by atoms with E-state index in [1.807, 2.05) is 0 Å². The number of amides is 2. The Morgan fingerprint density at radius 2 is 1.43 bits per heavy atom. The van der Waals surface area contributed by atoms with Crippen molar-refractivity contribution in [3.05, 3.63) is 35.4 Å². The predicted octanol–water partition coefficient (Wildman–Crippen LogP) is 8.31. The maximum absolute atomic E-state index is 14.1. The van der Waals surface area contributed by atoms with Gasteiger partial charge >= 0.3 is 17.9 Å². The summed E-state index contributed by atoms with van der Waals surface area (Å²) in [6.07, 6.45) is 8.90. The van der Waals surface area contributed by atoms with Crippen LogP contribution in [0.2, 0.25) is 0 Å². The fourth-order valence-corrected chi connectivity index (χ4v) is 13.3. The molecule has 14 atom stereocenters. The summed E-state index contributed by atoms with van der Waals surface area (Å²) in [6.45, 7) is 15.7. The Morgan fingerprint density at radius 1 is 0.793 bits per heavy atom. The van der Waals surface area contributed by atoms with Crippen molar-refractivity contribution in [2.75, 3.05) is 6.61 Å². The van der Waals surface area contributed by atoms with Gasteiger partial charge in [0.05, 0.1) is 17.2 Å². The van der Waals surface area contributed by atoms with E-state index in [9.17, 15) is 24.0 Å². The van der Waals surface area contributed by atoms with Gasteiger partial charge in [-0.15, -0.1) is 0 Å². The van der Waals surface area contributed by atoms with Crippen molar-refractivity contribution in [1.29, 1.82) is 0 Å². The SMILES string of the molecule is CC(=O)OC[C@@H]1O[C@@H](O[C@H]2CC[C@@]3(C)C(CCC4C3CC[C@@]3(C)C4CC[C@@H]3[C@H](C)CCCC(C)C)C2)[C@H](N2C(=O)c3ccccc3C2=O)[C@@H](OC(C)=O)[C@@H]1OC(C)=O. The number of imide groups is 1. The molecule has 2 amide bonds. The third-order valence-corrected chi connectivity index (χ3v) is 15.9. The van der Waals surface area contributed by atoms with Crippen LogP contribution in [0.1, 0.15) is 153 Å². The summed E-state index contributed by atoms with van der Waals surface area (Å²) < 4.78 is 30.4. The largest absolute Gasteiger partial charge is 0.463 e. The summed E-state index contributed by atoms with van der Waals surface area (Å²) in [5, 5.41) is 0. The highest BCUT2D eigenvalue weighted by molar-refractivity contribution is 6.21. The molecule has 2 aliphatic heterocycles. The zero-order valence-electron chi connectivity index (χ0n) is 36.0. The number of ether oxygens (including phenoxy) is 5. The normalized spacial score (nSPS) is 38.6. The number of fused-ring (bicyclic) bond motifs is 6. The van der Waals surface area contributed by atoms with Crippen LogP contribution in [0.4, 0.5) is 0 Å². The van der Waals surface area contributed by atoms with Gasteiger partial charge in [0.15, 0.2) is 18.5 Å². The van der Waals surface area contributed by atoms with Crippen LogP contribution in [-0.2, 0) is 38.1 Å². The summed E-state index contributed by atoms with van der Waals surface area (Å²) in [4.78, 5) is 66.4. The van der Waals surface area contributed by atoms with E-state index in [-0.39, 0.29) is 29.3 Å². The fraction of sp³-hybridized carbons (Fsp3) is 0.766. The Kier molecular flexibility index (Phi) is 12.5. The molecule has 6 aliphatic rings. The van der Waals surface area contributed by atoms with Crippen molar-refractivity contribution in [1.82, 2.24) is 4.90 Å². The molecular formula is C47H67NO10. The Bertz CT molecular complexity index is 1690. The highest BCUT2D eigenvalue weighted by Gasteiger charge is 2.62. The summed E-state index contributed by atoms with van der Waals surface area (Å²) in [5.74, 6) is 1.82. The lowest BCUT2D eigenvalue weighted by molar-refractivity contribution is -0.301. The number of hydrogen-bond donors (Lipinski definition) is 0. The van der Waals surface area contributed by atoms with Crippen molar-refractivity contribution < 1.29 is 47.7 Å². The molecule has 1 saturated heterocycles. The summed E-state index contributed by atoms with van der Waals surface area (Å²) in [5.41, 5.74) is 1.02. The van der Waals surface area contributed by atoms with Crippen LogP contribution in [0.15, 0.2) is 24.3 Å². The topological polar surface area (TPSA) is 135 Å². The molecule has 4 unspecified atom stereocenters. The van der Waals surface area contributed by atoms with Gasteiger partial charge in [0.1, 0.15) is 18.8 Å². The monoisotopic (exact) mass is 805 g/mol. The molecule has 4 aliphatic carbocycles. The minimum atomic E-state index is -1.36. The van der Waals surface area contributed by atoms with Gasteiger partial charge in [-0.3, -0.25) is 28.9 Å². The first-order valence-corrected chi connectivity index (χ1v) is 22.3. The molecule has 5 fully saturated rings. The van der Waals surface area contributed by atoms with Crippen molar-refractivity contribution in [2.24, 2.45) is 52.3 Å². The lowest BCUT2D eigenvalue weighted by Gasteiger charge is -2.61. The van der Waals surface area contributed by atoms with Crippen LogP contribution in [0, 0.1) is 52.3 Å². The molecular weight excluding hydrogens is 739 g/mol. The molecule has 11 heteroatoms. The van der Waals surface area contributed by atoms with Crippen molar-refractivity contribution >= 4 is 29.7 Å². The van der Waals surface area contributed by atoms with E-state index in [0.29, 0.717) is 17.3 Å². The predicted molar refractivity (Wildman–Crippen MR) is 215 cm³/mol. The number of benzene rings is 1. The second-order valence-electron chi connectivity index (χ2n) is 19.7. The van der Waals surface area contributed by atoms with Gasteiger partial charge < -0.3 is 23.7 Å². The van der Waals surface area contributed by atoms with E-state index in [0.717, 1.165) is 60.2 Å². The van der Waals surface area contributed by atoms with E-state index in [1.54, 1.807) is 24.3 Å². The van der Waals surface area contributed by atoms with Crippen molar-refractivity contribution in [2.45, 2.75) is 169 Å². The highest BCUT2D eigenvalue weighted by atomic mass is 16.7. The van der Waals surface area contributed by atoms with Gasteiger partial charge in [-0.05, 0) is 122 Å². The lowest BCUT2D eigenvalue weighted by Crippen LogP contribution is -2.68. The number of nitrogens with zero attached hydrogens (tertiary/aromatic N) is 1. The minimum absolute atomic E-state index is 0.180. The van der Waals surface area contributed by atoms with Crippen LogP contribution in [-0.4, -0.2) is 78.0 Å². The van der Waals surface area contributed by atoms with Gasteiger partial charge in [-0.25, -0.2) is 0 Å². The fourth-order valence-electron chi connectivity index (χ4n) is 13.3. The van der Waals surface area contributed by atoms with Crippen molar-refractivity contribution in [3.63, 3.8) is 0 Å². The number of carbonyl (C=O) groups excluding carboxylic acids is 5. The number of esters is 3. The Labute approximate surface area is 344 Å². The Balaban J connectivity index is 1.12. The Hall–Kier alpha value is -3.31. The van der Waals surface area contributed by atoms with Crippen LogP contribution < -0.4 is 0 Å².